The smallest absolute Gasteiger partial charge is 0.328 e. The van der Waals surface area contributed by atoms with Gasteiger partial charge in [-0.15, -0.1) is 0 Å². The molecule has 0 spiro atoms. The summed E-state index contributed by atoms with van der Waals surface area (Å²) >= 11 is 0. The number of nitrogens with zero attached hydrogens (tertiary/aromatic N) is 3. The van der Waals surface area contributed by atoms with Gasteiger partial charge in [0.1, 0.15) is 42.0 Å². The van der Waals surface area contributed by atoms with Crippen molar-refractivity contribution in [3.8, 4) is 5.75 Å². The molecule has 5 N–H and O–H groups in total. The van der Waals surface area contributed by atoms with Gasteiger partial charge in [0.2, 0.25) is 5.91 Å². The summed E-state index contributed by atoms with van der Waals surface area (Å²) in [5, 5.41) is 27.3. The number of anilines is 1. The highest BCUT2D eigenvalue weighted by Gasteiger charge is 2.42. The van der Waals surface area contributed by atoms with Gasteiger partial charge in [-0.2, -0.15) is 0 Å². The van der Waals surface area contributed by atoms with Crippen molar-refractivity contribution >= 4 is 17.8 Å². The molecule has 3 aliphatic rings. The quantitative estimate of drug-likeness (QED) is 0.343. The summed E-state index contributed by atoms with van der Waals surface area (Å²) < 4.78 is 18.9. The van der Waals surface area contributed by atoms with Gasteiger partial charge < -0.3 is 30.5 Å². The SMILES string of the molecule is O=C(NCc1cccc(F)c1)C1C=CC2=C(N1)N(C(=O)Nc1cc(OC[C@H](O)CO)ccn1)[C@H]1CCN2C1. The van der Waals surface area contributed by atoms with Crippen molar-refractivity contribution in [1.82, 2.24) is 25.4 Å². The maximum absolute atomic E-state index is 13.5. The minimum Gasteiger partial charge on any atom is -0.491 e. The standard InChI is InChI=1S/C26H29FN6O5/c27-17-3-1-2-16(10-17)12-29-25(36)21-4-5-22-24(30-21)33(18-7-9-32(22)13-18)26(37)31-23-11-20(6-8-28-23)38-15-19(35)14-34/h1-6,8,10-11,18-19,21,30,34-35H,7,9,12-15H2,(H,29,36)(H,28,31,37)/t18-,19+,21?/m0/s1. The van der Waals surface area contributed by atoms with E-state index in [4.69, 9.17) is 9.84 Å². The van der Waals surface area contributed by atoms with Crippen LogP contribution in [0.4, 0.5) is 15.0 Å². The molecule has 1 fully saturated rings. The molecule has 1 unspecified atom stereocenters. The zero-order chi connectivity index (χ0) is 26.6. The highest BCUT2D eigenvalue weighted by molar-refractivity contribution is 5.91. The number of urea groups is 1. The number of dihydropyridines is 1. The Balaban J connectivity index is 1.27. The van der Waals surface area contributed by atoms with Crippen LogP contribution in [0.25, 0.3) is 0 Å². The van der Waals surface area contributed by atoms with E-state index in [1.54, 1.807) is 29.2 Å². The van der Waals surface area contributed by atoms with Crippen molar-refractivity contribution in [2.75, 3.05) is 31.6 Å². The third kappa shape index (κ3) is 5.55. The number of nitrogens with one attached hydrogen (secondary N) is 3. The molecule has 0 aliphatic carbocycles. The van der Waals surface area contributed by atoms with Crippen LogP contribution in [0.2, 0.25) is 0 Å². The number of carbonyl (C=O) groups excluding carboxylic acids is 2. The second-order valence-corrected chi connectivity index (χ2v) is 9.28. The Morgan fingerprint density at radius 1 is 1.29 bits per heavy atom. The lowest BCUT2D eigenvalue weighted by Gasteiger charge is -2.40. The summed E-state index contributed by atoms with van der Waals surface area (Å²) in [5.74, 6) is 0.487. The van der Waals surface area contributed by atoms with Crippen LogP contribution in [-0.2, 0) is 11.3 Å². The summed E-state index contributed by atoms with van der Waals surface area (Å²) in [6, 6.07) is 7.91. The number of carbonyl (C=O) groups is 2. The first-order valence-electron chi connectivity index (χ1n) is 12.4. The highest BCUT2D eigenvalue weighted by Crippen LogP contribution is 2.33. The number of fused-ring (bicyclic) bond motifs is 3. The third-order valence-electron chi connectivity index (χ3n) is 6.57. The maximum atomic E-state index is 13.5. The van der Waals surface area contributed by atoms with Crippen molar-refractivity contribution < 1.29 is 28.9 Å². The summed E-state index contributed by atoms with van der Waals surface area (Å²) in [5.41, 5.74) is 1.47. The molecule has 1 saturated heterocycles. The molecule has 11 nitrogen and oxygen atoms in total. The second-order valence-electron chi connectivity index (χ2n) is 9.28. The highest BCUT2D eigenvalue weighted by atomic mass is 19.1. The Morgan fingerprint density at radius 2 is 2.16 bits per heavy atom. The van der Waals surface area contributed by atoms with Crippen molar-refractivity contribution in [1.29, 1.82) is 0 Å². The van der Waals surface area contributed by atoms with E-state index in [9.17, 15) is 19.1 Å². The zero-order valence-corrected chi connectivity index (χ0v) is 20.5. The molecule has 3 amide bonds. The molecule has 38 heavy (non-hydrogen) atoms. The number of hydrogen-bond acceptors (Lipinski definition) is 8. The first kappa shape index (κ1) is 25.5. The molecular weight excluding hydrogens is 495 g/mol. The average Bonchev–Trinajstić information content (AvgIpc) is 3.34. The summed E-state index contributed by atoms with van der Waals surface area (Å²) in [7, 11) is 0. The van der Waals surface area contributed by atoms with Gasteiger partial charge in [0.15, 0.2) is 0 Å². The number of ether oxygens (including phenoxy) is 1. The molecule has 3 atom stereocenters. The summed E-state index contributed by atoms with van der Waals surface area (Å²) in [6.07, 6.45) is 4.81. The number of aliphatic hydroxyl groups is 2. The van der Waals surface area contributed by atoms with Gasteiger partial charge in [-0.25, -0.2) is 14.2 Å². The van der Waals surface area contributed by atoms with Gasteiger partial charge in [0.05, 0.1) is 18.3 Å². The van der Waals surface area contributed by atoms with Crippen LogP contribution in [0.5, 0.6) is 5.75 Å². The zero-order valence-electron chi connectivity index (χ0n) is 20.5. The van der Waals surface area contributed by atoms with Crippen molar-refractivity contribution in [3.63, 3.8) is 0 Å². The number of benzene rings is 1. The predicted molar refractivity (Wildman–Crippen MR) is 135 cm³/mol. The number of aliphatic hydroxyl groups excluding tert-OH is 2. The number of rotatable bonds is 8. The van der Waals surface area contributed by atoms with Gasteiger partial charge in [-0.1, -0.05) is 18.2 Å². The first-order chi connectivity index (χ1) is 18.4. The Kier molecular flexibility index (Phi) is 7.43. The van der Waals surface area contributed by atoms with E-state index >= 15 is 0 Å². The van der Waals surface area contributed by atoms with Crippen LogP contribution in [-0.4, -0.2) is 81.4 Å². The van der Waals surface area contributed by atoms with Gasteiger partial charge in [-0.3, -0.25) is 15.0 Å². The average molecular weight is 525 g/mol. The summed E-state index contributed by atoms with van der Waals surface area (Å²) in [4.78, 5) is 34.4. The molecule has 1 aromatic carbocycles. The fourth-order valence-electron chi connectivity index (χ4n) is 4.69. The fourth-order valence-corrected chi connectivity index (χ4v) is 4.69. The minimum atomic E-state index is -1.02. The van der Waals surface area contributed by atoms with Crippen LogP contribution >= 0.6 is 0 Å². The van der Waals surface area contributed by atoms with Gasteiger partial charge in [-0.05, 0) is 36.3 Å². The van der Waals surface area contributed by atoms with E-state index in [2.05, 4.69) is 25.8 Å². The molecular formula is C26H29FN6O5. The number of aromatic nitrogens is 1. The lowest BCUT2D eigenvalue weighted by molar-refractivity contribution is -0.122. The van der Waals surface area contributed by atoms with E-state index in [0.29, 0.717) is 23.7 Å². The Bertz CT molecular complexity index is 1270. The maximum Gasteiger partial charge on any atom is 0.328 e. The number of allylic oxidation sites excluding steroid dienone is 1. The van der Waals surface area contributed by atoms with E-state index in [1.165, 1.54) is 24.4 Å². The number of hydrogen-bond donors (Lipinski definition) is 5. The third-order valence-corrected chi connectivity index (χ3v) is 6.57. The second kappa shape index (κ2) is 11.1. The van der Waals surface area contributed by atoms with E-state index in [-0.39, 0.29) is 36.7 Å². The Morgan fingerprint density at radius 3 is 2.97 bits per heavy atom. The normalized spacial score (nSPS) is 20.5. The fraction of sp³-hybridized carbons (Fsp3) is 0.346. The van der Waals surface area contributed by atoms with Crippen molar-refractivity contribution in [2.45, 2.75) is 31.2 Å². The van der Waals surface area contributed by atoms with E-state index in [0.717, 1.165) is 18.7 Å². The molecule has 2 bridgehead atoms. The molecule has 0 radical (unpaired) electrons. The van der Waals surface area contributed by atoms with Crippen molar-refractivity contribution in [3.05, 3.63) is 77.6 Å². The molecule has 0 saturated carbocycles. The van der Waals surface area contributed by atoms with Crippen LogP contribution in [0.3, 0.4) is 0 Å². The summed E-state index contributed by atoms with van der Waals surface area (Å²) in [6.45, 7) is 1.10. The van der Waals surface area contributed by atoms with Crippen molar-refractivity contribution in [2.24, 2.45) is 0 Å². The largest absolute Gasteiger partial charge is 0.491 e. The minimum absolute atomic E-state index is 0.0945. The predicted octanol–water partition coefficient (Wildman–Crippen LogP) is 0.888. The number of amides is 3. The van der Waals surface area contributed by atoms with E-state index in [1.807, 2.05) is 6.08 Å². The van der Waals surface area contributed by atoms with E-state index < -0.39 is 24.8 Å². The lowest BCUT2D eigenvalue weighted by atomic mass is 10.1. The molecule has 4 heterocycles. The molecule has 200 valence electrons. The molecule has 5 rings (SSSR count). The molecule has 2 aromatic rings. The van der Waals surface area contributed by atoms with Gasteiger partial charge in [0, 0.05) is 31.9 Å². The Hall–Kier alpha value is -4.16. The monoisotopic (exact) mass is 524 g/mol. The number of halogens is 1. The Labute approximate surface area is 218 Å². The van der Waals surface area contributed by atoms with Gasteiger partial charge in [0.25, 0.3) is 0 Å². The van der Waals surface area contributed by atoms with Gasteiger partial charge >= 0.3 is 6.03 Å². The topological polar surface area (TPSA) is 139 Å². The lowest BCUT2D eigenvalue weighted by Crippen LogP contribution is -2.55. The molecule has 1 aromatic heterocycles. The van der Waals surface area contributed by atoms with Crippen LogP contribution < -0.4 is 20.7 Å². The first-order valence-corrected chi connectivity index (χ1v) is 12.4. The number of pyridine rings is 1. The van der Waals surface area contributed by atoms with Crippen LogP contribution in [0.1, 0.15) is 12.0 Å². The molecule has 3 aliphatic heterocycles. The van der Waals surface area contributed by atoms with Crippen LogP contribution in [0, 0.1) is 5.82 Å². The van der Waals surface area contributed by atoms with Crippen LogP contribution in [0.15, 0.2) is 66.3 Å². The molecule has 12 heteroatoms.